The van der Waals surface area contributed by atoms with E-state index in [0.717, 1.165) is 11.3 Å². The van der Waals surface area contributed by atoms with Crippen molar-refractivity contribution in [3.63, 3.8) is 0 Å². The first-order valence-electron chi connectivity index (χ1n) is 5.96. The molecule has 5 heteroatoms. The largest absolute Gasteiger partial charge is 0.507 e. The lowest BCUT2D eigenvalue weighted by Gasteiger charge is -2.10. The Hall–Kier alpha value is -1.76. The summed E-state index contributed by atoms with van der Waals surface area (Å²) >= 11 is 2.01. The minimum absolute atomic E-state index is 0.102. The summed E-state index contributed by atoms with van der Waals surface area (Å²) in [4.78, 5) is 12.1. The van der Waals surface area contributed by atoms with E-state index < -0.39 is 0 Å². The zero-order chi connectivity index (χ0) is 14.7. The SMILES string of the molecule is COc1ccc(NC(=O)c2ccc(I)c(O)c2)c(C)c1. The Morgan fingerprint density at radius 2 is 2.00 bits per heavy atom. The van der Waals surface area contributed by atoms with Crippen molar-refractivity contribution in [1.29, 1.82) is 0 Å². The van der Waals surface area contributed by atoms with Gasteiger partial charge in [0.25, 0.3) is 5.91 Å². The van der Waals surface area contributed by atoms with Gasteiger partial charge in [0.2, 0.25) is 0 Å². The molecule has 0 atom stereocenters. The minimum Gasteiger partial charge on any atom is -0.507 e. The highest BCUT2D eigenvalue weighted by Crippen LogP contribution is 2.23. The fourth-order valence-electron chi connectivity index (χ4n) is 1.75. The number of carbonyl (C=O) groups is 1. The molecule has 0 unspecified atom stereocenters. The second kappa shape index (κ2) is 6.13. The number of phenols is 1. The molecule has 1 amide bonds. The zero-order valence-electron chi connectivity index (χ0n) is 11.1. The Balaban J connectivity index is 2.21. The predicted molar refractivity (Wildman–Crippen MR) is 86.5 cm³/mol. The average Bonchev–Trinajstić information content (AvgIpc) is 2.43. The van der Waals surface area contributed by atoms with Crippen molar-refractivity contribution in [2.45, 2.75) is 6.92 Å². The molecule has 0 radical (unpaired) electrons. The van der Waals surface area contributed by atoms with Gasteiger partial charge in [-0.05, 0) is 71.5 Å². The first-order valence-corrected chi connectivity index (χ1v) is 7.03. The van der Waals surface area contributed by atoms with Gasteiger partial charge in [0.15, 0.2) is 0 Å². The highest BCUT2D eigenvalue weighted by Gasteiger charge is 2.10. The van der Waals surface area contributed by atoms with E-state index in [-0.39, 0.29) is 11.7 Å². The molecule has 2 aromatic carbocycles. The molecule has 0 fully saturated rings. The van der Waals surface area contributed by atoms with Gasteiger partial charge in [0, 0.05) is 11.3 Å². The van der Waals surface area contributed by atoms with Gasteiger partial charge in [-0.15, -0.1) is 0 Å². The second-order valence-corrected chi connectivity index (χ2v) is 5.46. The average molecular weight is 383 g/mol. The Morgan fingerprint density at radius 3 is 2.60 bits per heavy atom. The fraction of sp³-hybridized carbons (Fsp3) is 0.133. The van der Waals surface area contributed by atoms with Crippen molar-refractivity contribution >= 4 is 34.2 Å². The monoisotopic (exact) mass is 383 g/mol. The van der Waals surface area contributed by atoms with Crippen molar-refractivity contribution in [2.24, 2.45) is 0 Å². The molecule has 2 aromatic rings. The summed E-state index contributed by atoms with van der Waals surface area (Å²) in [5.41, 5.74) is 2.04. The number of ether oxygens (including phenoxy) is 1. The molecule has 0 aliphatic rings. The van der Waals surface area contributed by atoms with E-state index in [2.05, 4.69) is 5.32 Å². The molecule has 0 saturated heterocycles. The topological polar surface area (TPSA) is 58.6 Å². The maximum Gasteiger partial charge on any atom is 0.255 e. The van der Waals surface area contributed by atoms with Gasteiger partial charge in [-0.3, -0.25) is 4.79 Å². The van der Waals surface area contributed by atoms with Crippen LogP contribution in [0.5, 0.6) is 11.5 Å². The van der Waals surface area contributed by atoms with Crippen LogP contribution in [0.2, 0.25) is 0 Å². The van der Waals surface area contributed by atoms with Crippen LogP contribution >= 0.6 is 22.6 Å². The summed E-state index contributed by atoms with van der Waals surface area (Å²) in [7, 11) is 1.60. The van der Waals surface area contributed by atoms with Gasteiger partial charge in [-0.2, -0.15) is 0 Å². The molecule has 0 heterocycles. The van der Waals surface area contributed by atoms with Gasteiger partial charge < -0.3 is 15.2 Å². The van der Waals surface area contributed by atoms with Crippen LogP contribution in [0, 0.1) is 10.5 Å². The van der Waals surface area contributed by atoms with Gasteiger partial charge in [0.1, 0.15) is 11.5 Å². The number of rotatable bonds is 3. The number of anilines is 1. The minimum atomic E-state index is -0.259. The van der Waals surface area contributed by atoms with Crippen molar-refractivity contribution in [3.8, 4) is 11.5 Å². The summed E-state index contributed by atoms with van der Waals surface area (Å²) in [6, 6.07) is 10.3. The van der Waals surface area contributed by atoms with Crippen molar-refractivity contribution in [3.05, 3.63) is 51.1 Å². The Kier molecular flexibility index (Phi) is 4.49. The Bertz CT molecular complexity index is 656. The van der Waals surface area contributed by atoms with E-state index in [1.165, 1.54) is 6.07 Å². The number of nitrogens with one attached hydrogen (secondary N) is 1. The zero-order valence-corrected chi connectivity index (χ0v) is 13.3. The molecule has 0 aliphatic heterocycles. The lowest BCUT2D eigenvalue weighted by Crippen LogP contribution is -2.12. The number of amides is 1. The van der Waals surface area contributed by atoms with E-state index in [0.29, 0.717) is 14.8 Å². The van der Waals surface area contributed by atoms with Gasteiger partial charge in [-0.1, -0.05) is 0 Å². The molecule has 0 saturated carbocycles. The van der Waals surface area contributed by atoms with E-state index >= 15 is 0 Å². The normalized spacial score (nSPS) is 10.2. The number of phenolic OH excluding ortho intramolecular Hbond substituents is 1. The maximum absolute atomic E-state index is 12.1. The summed E-state index contributed by atoms with van der Waals surface area (Å²) < 4.78 is 5.83. The van der Waals surface area contributed by atoms with Crippen LogP contribution in [-0.4, -0.2) is 18.1 Å². The standard InChI is InChI=1S/C15H14INO3/c1-9-7-11(20-2)4-6-13(9)17-15(19)10-3-5-12(16)14(18)8-10/h3-8,18H,1-2H3,(H,17,19). The van der Waals surface area contributed by atoms with Gasteiger partial charge >= 0.3 is 0 Å². The van der Waals surface area contributed by atoms with Crippen molar-refractivity contribution < 1.29 is 14.6 Å². The number of hydrogen-bond acceptors (Lipinski definition) is 3. The van der Waals surface area contributed by atoms with Crippen LogP contribution in [-0.2, 0) is 0 Å². The first-order chi connectivity index (χ1) is 9.51. The third-order valence-corrected chi connectivity index (χ3v) is 3.80. The van der Waals surface area contributed by atoms with Gasteiger partial charge in [0.05, 0.1) is 10.7 Å². The number of benzene rings is 2. The van der Waals surface area contributed by atoms with E-state index in [4.69, 9.17) is 4.74 Å². The number of halogens is 1. The Labute approximate surface area is 130 Å². The highest BCUT2D eigenvalue weighted by atomic mass is 127. The summed E-state index contributed by atoms with van der Waals surface area (Å²) in [6.45, 7) is 1.89. The molecule has 0 aliphatic carbocycles. The number of aryl methyl sites for hydroxylation is 1. The van der Waals surface area contributed by atoms with Crippen LogP contribution in [0.3, 0.4) is 0 Å². The molecular formula is C15H14INO3. The molecule has 2 rings (SSSR count). The molecule has 104 valence electrons. The fourth-order valence-corrected chi connectivity index (χ4v) is 2.09. The quantitative estimate of drug-likeness (QED) is 0.797. The van der Waals surface area contributed by atoms with Crippen LogP contribution in [0.1, 0.15) is 15.9 Å². The van der Waals surface area contributed by atoms with Crippen LogP contribution in [0.4, 0.5) is 5.69 Å². The Morgan fingerprint density at radius 1 is 1.25 bits per heavy atom. The lowest BCUT2D eigenvalue weighted by atomic mass is 10.1. The molecule has 4 nitrogen and oxygen atoms in total. The summed E-state index contributed by atoms with van der Waals surface area (Å²) in [5.74, 6) is 0.585. The maximum atomic E-state index is 12.1. The van der Waals surface area contributed by atoms with Crippen LogP contribution in [0.15, 0.2) is 36.4 Å². The van der Waals surface area contributed by atoms with E-state index in [9.17, 15) is 9.90 Å². The third-order valence-electron chi connectivity index (χ3n) is 2.89. The van der Waals surface area contributed by atoms with E-state index in [1.54, 1.807) is 31.4 Å². The summed E-state index contributed by atoms with van der Waals surface area (Å²) in [5, 5.41) is 12.5. The number of methoxy groups -OCH3 is 1. The number of carbonyl (C=O) groups excluding carboxylic acids is 1. The first kappa shape index (κ1) is 14.6. The molecule has 0 bridgehead atoms. The van der Waals surface area contributed by atoms with Crippen LogP contribution < -0.4 is 10.1 Å². The molecule has 0 aromatic heterocycles. The summed E-state index contributed by atoms with van der Waals surface area (Å²) in [6.07, 6.45) is 0. The third kappa shape index (κ3) is 3.22. The lowest BCUT2D eigenvalue weighted by molar-refractivity contribution is 0.102. The molecule has 20 heavy (non-hydrogen) atoms. The molecule has 2 N–H and O–H groups in total. The predicted octanol–water partition coefficient (Wildman–Crippen LogP) is 3.57. The molecule has 0 spiro atoms. The van der Waals surface area contributed by atoms with E-state index in [1.807, 2.05) is 35.6 Å². The van der Waals surface area contributed by atoms with Crippen molar-refractivity contribution in [2.75, 3.05) is 12.4 Å². The second-order valence-electron chi connectivity index (χ2n) is 4.30. The van der Waals surface area contributed by atoms with Crippen LogP contribution in [0.25, 0.3) is 0 Å². The molecular weight excluding hydrogens is 369 g/mol. The smallest absolute Gasteiger partial charge is 0.255 e. The number of hydrogen-bond donors (Lipinski definition) is 2. The highest BCUT2D eigenvalue weighted by molar-refractivity contribution is 14.1. The van der Waals surface area contributed by atoms with Crippen molar-refractivity contribution in [1.82, 2.24) is 0 Å². The number of aromatic hydroxyl groups is 1. The van der Waals surface area contributed by atoms with Gasteiger partial charge in [-0.25, -0.2) is 0 Å².